The second kappa shape index (κ2) is 7.36. The van der Waals surface area contributed by atoms with Crippen molar-refractivity contribution in [1.82, 2.24) is 15.1 Å². The summed E-state index contributed by atoms with van der Waals surface area (Å²) in [7, 11) is 1.65. The first kappa shape index (κ1) is 17.0. The Kier molecular flexibility index (Phi) is 5.20. The first-order chi connectivity index (χ1) is 11.5. The van der Waals surface area contributed by atoms with Gasteiger partial charge in [-0.2, -0.15) is 5.10 Å². The van der Waals surface area contributed by atoms with E-state index in [0.717, 1.165) is 31.6 Å². The molecule has 3 heterocycles. The normalized spacial score (nSPS) is 17.8. The van der Waals surface area contributed by atoms with Crippen molar-refractivity contribution in [2.45, 2.75) is 25.3 Å². The molecule has 1 unspecified atom stereocenters. The van der Waals surface area contributed by atoms with Crippen molar-refractivity contribution in [3.8, 4) is 0 Å². The van der Waals surface area contributed by atoms with Gasteiger partial charge >= 0.3 is 0 Å². The molecule has 1 aliphatic heterocycles. The predicted octanol–water partition coefficient (Wildman–Crippen LogP) is 2.28. The standard InChI is InChI=1S/C16H19ClN4O2S/c1-20-15(22)8-7-14(19-20)21-9-3-2-4-11(21)10-18-16(23)12-5-6-13(17)24-12/h5-8,11H,2-4,9-10H2,1H3,(H,18,23). The SMILES string of the molecule is Cn1nc(N2CCCCC2CNC(=O)c2ccc(Cl)s2)ccc1=O. The number of carbonyl (C=O) groups is 1. The first-order valence-electron chi connectivity index (χ1n) is 7.89. The van der Waals surface area contributed by atoms with Crippen LogP contribution in [0, 0.1) is 0 Å². The lowest BCUT2D eigenvalue weighted by molar-refractivity contribution is 0.0953. The molecule has 2 aromatic heterocycles. The molecule has 3 rings (SSSR count). The second-order valence-electron chi connectivity index (χ2n) is 5.81. The number of nitrogens with zero attached hydrogens (tertiary/aromatic N) is 3. The molecular weight excluding hydrogens is 348 g/mol. The fourth-order valence-electron chi connectivity index (χ4n) is 2.89. The molecular formula is C16H19ClN4O2S. The van der Waals surface area contributed by atoms with Crippen LogP contribution < -0.4 is 15.8 Å². The number of nitrogens with one attached hydrogen (secondary N) is 1. The minimum absolute atomic E-state index is 0.106. The number of hydrogen-bond acceptors (Lipinski definition) is 5. The van der Waals surface area contributed by atoms with Crippen LogP contribution in [0.25, 0.3) is 0 Å². The van der Waals surface area contributed by atoms with Gasteiger partial charge in [0.1, 0.15) is 5.82 Å². The van der Waals surface area contributed by atoms with Crippen molar-refractivity contribution in [3.63, 3.8) is 0 Å². The van der Waals surface area contributed by atoms with E-state index in [4.69, 9.17) is 11.6 Å². The monoisotopic (exact) mass is 366 g/mol. The van der Waals surface area contributed by atoms with Crippen LogP contribution in [-0.4, -0.2) is 34.8 Å². The molecule has 2 aromatic rings. The average molecular weight is 367 g/mol. The van der Waals surface area contributed by atoms with E-state index in [0.29, 0.717) is 15.8 Å². The van der Waals surface area contributed by atoms with E-state index in [1.54, 1.807) is 25.2 Å². The average Bonchev–Trinajstić information content (AvgIpc) is 3.02. The minimum atomic E-state index is -0.129. The molecule has 1 saturated heterocycles. The van der Waals surface area contributed by atoms with Crippen molar-refractivity contribution < 1.29 is 4.79 Å². The Morgan fingerprint density at radius 3 is 2.92 bits per heavy atom. The lowest BCUT2D eigenvalue weighted by Gasteiger charge is -2.36. The highest BCUT2D eigenvalue weighted by molar-refractivity contribution is 7.17. The van der Waals surface area contributed by atoms with Gasteiger partial charge in [-0.3, -0.25) is 9.59 Å². The minimum Gasteiger partial charge on any atom is -0.350 e. The highest BCUT2D eigenvalue weighted by Gasteiger charge is 2.24. The molecule has 1 N–H and O–H groups in total. The van der Waals surface area contributed by atoms with Gasteiger partial charge in [-0.1, -0.05) is 11.6 Å². The maximum atomic E-state index is 12.2. The van der Waals surface area contributed by atoms with E-state index >= 15 is 0 Å². The topological polar surface area (TPSA) is 67.2 Å². The molecule has 1 atom stereocenters. The van der Waals surface area contributed by atoms with Crippen LogP contribution in [-0.2, 0) is 7.05 Å². The molecule has 0 spiro atoms. The number of anilines is 1. The van der Waals surface area contributed by atoms with Gasteiger partial charge in [0.05, 0.1) is 9.21 Å². The van der Waals surface area contributed by atoms with Crippen molar-refractivity contribution in [3.05, 3.63) is 43.8 Å². The summed E-state index contributed by atoms with van der Waals surface area (Å²) in [5.41, 5.74) is -0.129. The van der Waals surface area contributed by atoms with Gasteiger partial charge in [0.15, 0.2) is 0 Å². The number of thiophene rings is 1. The number of amides is 1. The molecule has 24 heavy (non-hydrogen) atoms. The van der Waals surface area contributed by atoms with Gasteiger partial charge in [-0.25, -0.2) is 4.68 Å². The quantitative estimate of drug-likeness (QED) is 0.901. The van der Waals surface area contributed by atoms with Gasteiger partial charge in [-0.05, 0) is 37.5 Å². The third kappa shape index (κ3) is 3.79. The highest BCUT2D eigenvalue weighted by atomic mass is 35.5. The Bertz CT molecular complexity index is 788. The van der Waals surface area contributed by atoms with Crippen LogP contribution in [0.15, 0.2) is 29.1 Å². The molecule has 0 aliphatic carbocycles. The third-order valence-corrected chi connectivity index (χ3v) is 5.39. The Balaban J connectivity index is 1.69. The predicted molar refractivity (Wildman–Crippen MR) is 96.1 cm³/mol. The maximum absolute atomic E-state index is 12.2. The molecule has 1 aliphatic rings. The van der Waals surface area contributed by atoms with Crippen LogP contribution in [0.3, 0.4) is 0 Å². The lowest BCUT2D eigenvalue weighted by Crippen LogP contribution is -2.47. The number of aromatic nitrogens is 2. The van der Waals surface area contributed by atoms with Crippen molar-refractivity contribution >= 4 is 34.7 Å². The summed E-state index contributed by atoms with van der Waals surface area (Å²) in [6.45, 7) is 1.41. The molecule has 6 nitrogen and oxygen atoms in total. The zero-order valence-electron chi connectivity index (χ0n) is 13.4. The van der Waals surface area contributed by atoms with Crippen molar-refractivity contribution in [1.29, 1.82) is 0 Å². The highest BCUT2D eigenvalue weighted by Crippen LogP contribution is 2.23. The number of piperidine rings is 1. The van der Waals surface area contributed by atoms with E-state index in [-0.39, 0.29) is 17.5 Å². The molecule has 0 saturated carbocycles. The number of halogens is 1. The number of aryl methyl sites for hydroxylation is 1. The summed E-state index contributed by atoms with van der Waals surface area (Å²) >= 11 is 7.15. The summed E-state index contributed by atoms with van der Waals surface area (Å²) in [6, 6.07) is 6.91. The second-order valence-corrected chi connectivity index (χ2v) is 7.53. The van der Waals surface area contributed by atoms with Crippen LogP contribution >= 0.6 is 22.9 Å². The smallest absolute Gasteiger partial charge is 0.266 e. The van der Waals surface area contributed by atoms with E-state index in [1.165, 1.54) is 22.1 Å². The van der Waals surface area contributed by atoms with E-state index < -0.39 is 0 Å². The molecule has 0 bridgehead atoms. The van der Waals surface area contributed by atoms with Crippen LogP contribution in [0.2, 0.25) is 4.34 Å². The van der Waals surface area contributed by atoms with Crippen molar-refractivity contribution in [2.75, 3.05) is 18.0 Å². The van der Waals surface area contributed by atoms with Crippen LogP contribution in [0.5, 0.6) is 0 Å². The van der Waals surface area contributed by atoms with Gasteiger partial charge in [0.2, 0.25) is 0 Å². The van der Waals surface area contributed by atoms with Gasteiger partial charge in [0, 0.05) is 32.2 Å². The fourth-order valence-corrected chi connectivity index (χ4v) is 3.85. The van der Waals surface area contributed by atoms with Gasteiger partial charge in [-0.15, -0.1) is 11.3 Å². The number of carbonyl (C=O) groups excluding carboxylic acids is 1. The summed E-state index contributed by atoms with van der Waals surface area (Å²) in [5, 5.41) is 7.32. The Morgan fingerprint density at radius 2 is 2.21 bits per heavy atom. The molecule has 1 amide bonds. The Labute approximate surface area is 149 Å². The number of hydrogen-bond donors (Lipinski definition) is 1. The molecule has 1 fully saturated rings. The zero-order chi connectivity index (χ0) is 17.1. The largest absolute Gasteiger partial charge is 0.350 e. The molecule has 128 valence electrons. The summed E-state index contributed by atoms with van der Waals surface area (Å²) in [6.07, 6.45) is 3.18. The van der Waals surface area contributed by atoms with Gasteiger partial charge in [0.25, 0.3) is 11.5 Å². The van der Waals surface area contributed by atoms with E-state index in [2.05, 4.69) is 15.3 Å². The van der Waals surface area contributed by atoms with Crippen LogP contribution in [0.1, 0.15) is 28.9 Å². The molecule has 8 heteroatoms. The van der Waals surface area contributed by atoms with E-state index in [1.807, 2.05) is 0 Å². The maximum Gasteiger partial charge on any atom is 0.266 e. The van der Waals surface area contributed by atoms with Crippen molar-refractivity contribution in [2.24, 2.45) is 7.05 Å². The van der Waals surface area contributed by atoms with Gasteiger partial charge < -0.3 is 10.2 Å². The lowest BCUT2D eigenvalue weighted by atomic mass is 10.0. The van der Waals surface area contributed by atoms with E-state index in [9.17, 15) is 9.59 Å². The van der Waals surface area contributed by atoms with Crippen LogP contribution in [0.4, 0.5) is 5.82 Å². The third-order valence-electron chi connectivity index (χ3n) is 4.16. The number of rotatable bonds is 4. The molecule has 0 aromatic carbocycles. The zero-order valence-corrected chi connectivity index (χ0v) is 14.9. The Hall–Kier alpha value is -1.86. The molecule has 0 radical (unpaired) electrons. The summed E-state index contributed by atoms with van der Waals surface area (Å²) < 4.78 is 1.95. The Morgan fingerprint density at radius 1 is 1.38 bits per heavy atom. The summed E-state index contributed by atoms with van der Waals surface area (Å²) in [5.74, 6) is 0.668. The fraction of sp³-hybridized carbons (Fsp3) is 0.438. The first-order valence-corrected chi connectivity index (χ1v) is 9.08. The summed E-state index contributed by atoms with van der Waals surface area (Å²) in [4.78, 5) is 26.5.